The topological polar surface area (TPSA) is 149 Å². The number of aliphatic hydroxyl groups is 5. The van der Waals surface area contributed by atoms with E-state index in [2.05, 4.69) is 19.2 Å². The number of hydrogen-bond acceptors (Lipinski definition) is 8. The minimum absolute atomic E-state index is 0.132. The fourth-order valence-corrected chi connectivity index (χ4v) is 8.04. The number of ether oxygens (including phenoxy) is 2. The quantitative estimate of drug-likeness (QED) is 0.0335. The van der Waals surface area contributed by atoms with Crippen molar-refractivity contribution in [3.63, 3.8) is 0 Å². The standard InChI is InChI=1S/C47H93NO8/c1-3-5-7-9-11-13-15-16-17-18-19-20-21-22-23-24-25-26-27-29-31-33-35-37-43(51)48-40(39-55-47-46(54)45(53)44(52)42(38-49)56-47)41(50)36-34-32-30-28-14-12-10-8-6-4-2/h40-42,44-47,49-50,52-54H,3-39H2,1-2H3,(H,48,51)/t40-,41+,42+,44+,45?,46?,47+/m0/s1. The van der Waals surface area contributed by atoms with Crippen LogP contribution < -0.4 is 5.32 Å². The molecule has 0 aromatic rings. The van der Waals surface area contributed by atoms with Crippen molar-refractivity contribution in [1.29, 1.82) is 0 Å². The third-order valence-corrected chi connectivity index (χ3v) is 12.0. The Labute approximate surface area is 344 Å². The van der Waals surface area contributed by atoms with Gasteiger partial charge in [-0.25, -0.2) is 0 Å². The van der Waals surface area contributed by atoms with E-state index in [0.717, 1.165) is 38.5 Å². The summed E-state index contributed by atoms with van der Waals surface area (Å²) in [6, 6.07) is -0.710. The summed E-state index contributed by atoms with van der Waals surface area (Å²) < 4.78 is 11.2. The molecule has 334 valence electrons. The molecule has 0 saturated carbocycles. The fourth-order valence-electron chi connectivity index (χ4n) is 8.04. The van der Waals surface area contributed by atoms with Gasteiger partial charge in [-0.05, 0) is 12.8 Å². The summed E-state index contributed by atoms with van der Waals surface area (Å²) >= 11 is 0. The van der Waals surface area contributed by atoms with Gasteiger partial charge in [-0.1, -0.05) is 219 Å². The van der Waals surface area contributed by atoms with E-state index in [1.807, 2.05) is 0 Å². The van der Waals surface area contributed by atoms with E-state index >= 15 is 0 Å². The second-order valence-corrected chi connectivity index (χ2v) is 17.3. The number of nitrogens with one attached hydrogen (secondary N) is 1. The van der Waals surface area contributed by atoms with E-state index in [4.69, 9.17) is 9.47 Å². The van der Waals surface area contributed by atoms with E-state index in [1.54, 1.807) is 0 Å². The predicted octanol–water partition coefficient (Wildman–Crippen LogP) is 10.3. The molecule has 2 unspecified atom stereocenters. The molecule has 1 fully saturated rings. The number of aliphatic hydroxyl groups excluding tert-OH is 5. The Morgan fingerprint density at radius 2 is 0.893 bits per heavy atom. The van der Waals surface area contributed by atoms with Crippen LogP contribution in [0, 0.1) is 0 Å². The van der Waals surface area contributed by atoms with Gasteiger partial charge in [0.1, 0.15) is 24.4 Å². The molecule has 9 heteroatoms. The largest absolute Gasteiger partial charge is 0.394 e. The summed E-state index contributed by atoms with van der Waals surface area (Å²) in [5.74, 6) is -0.141. The molecule has 0 bridgehead atoms. The maximum atomic E-state index is 13.0. The maximum absolute atomic E-state index is 13.0. The average molecular weight is 800 g/mol. The van der Waals surface area contributed by atoms with Gasteiger partial charge in [0.25, 0.3) is 0 Å². The molecule has 1 heterocycles. The second-order valence-electron chi connectivity index (χ2n) is 17.3. The Balaban J connectivity index is 2.20. The van der Waals surface area contributed by atoms with E-state index in [0.29, 0.717) is 12.8 Å². The van der Waals surface area contributed by atoms with Crippen LogP contribution in [-0.2, 0) is 14.3 Å². The predicted molar refractivity (Wildman–Crippen MR) is 231 cm³/mol. The van der Waals surface area contributed by atoms with Crippen molar-refractivity contribution in [3.05, 3.63) is 0 Å². The zero-order chi connectivity index (χ0) is 40.9. The lowest BCUT2D eigenvalue weighted by molar-refractivity contribution is -0.302. The molecule has 1 saturated heterocycles. The van der Waals surface area contributed by atoms with Gasteiger partial charge in [0.2, 0.25) is 5.91 Å². The Hall–Kier alpha value is -0.810. The van der Waals surface area contributed by atoms with E-state index in [9.17, 15) is 30.3 Å². The normalized spacial score (nSPS) is 21.0. The van der Waals surface area contributed by atoms with Gasteiger partial charge >= 0.3 is 0 Å². The summed E-state index contributed by atoms with van der Waals surface area (Å²) in [4.78, 5) is 13.0. The zero-order valence-corrected chi connectivity index (χ0v) is 36.7. The summed E-state index contributed by atoms with van der Waals surface area (Å²) in [6.45, 7) is 3.84. The van der Waals surface area contributed by atoms with Crippen LogP contribution in [-0.4, -0.2) is 87.5 Å². The van der Waals surface area contributed by atoms with Crippen LogP contribution in [0.4, 0.5) is 0 Å². The van der Waals surface area contributed by atoms with Crippen LogP contribution in [0.2, 0.25) is 0 Å². The highest BCUT2D eigenvalue weighted by molar-refractivity contribution is 5.76. The van der Waals surface area contributed by atoms with Crippen molar-refractivity contribution in [2.24, 2.45) is 0 Å². The Kier molecular flexibility index (Phi) is 36.5. The number of unbranched alkanes of at least 4 members (excludes halogenated alkanes) is 31. The number of carbonyl (C=O) groups is 1. The van der Waals surface area contributed by atoms with Gasteiger partial charge in [0.15, 0.2) is 6.29 Å². The SMILES string of the molecule is CCCCCCCCCCCCCCCCCCCCCCCCCC(=O)N[C@@H](CO[C@@H]1O[C@H](CO)[C@@H](O)C(O)C1O)[C@H](O)CCCCCCCCCCCC. The average Bonchev–Trinajstić information content (AvgIpc) is 3.20. The summed E-state index contributed by atoms with van der Waals surface area (Å²) in [5, 5.41) is 54.3. The van der Waals surface area contributed by atoms with E-state index in [1.165, 1.54) is 173 Å². The monoisotopic (exact) mass is 800 g/mol. The first kappa shape index (κ1) is 53.2. The molecule has 0 spiro atoms. The highest BCUT2D eigenvalue weighted by Gasteiger charge is 2.44. The summed E-state index contributed by atoms with van der Waals surface area (Å²) in [5.41, 5.74) is 0. The molecule has 1 aliphatic heterocycles. The van der Waals surface area contributed by atoms with Crippen molar-refractivity contribution >= 4 is 5.91 Å². The number of carbonyl (C=O) groups excluding carboxylic acids is 1. The number of hydrogen-bond donors (Lipinski definition) is 6. The lowest BCUT2D eigenvalue weighted by Crippen LogP contribution is -2.60. The second kappa shape index (κ2) is 38.4. The molecule has 0 aliphatic carbocycles. The molecule has 1 amide bonds. The minimum Gasteiger partial charge on any atom is -0.394 e. The van der Waals surface area contributed by atoms with Crippen molar-refractivity contribution in [2.45, 2.75) is 281 Å². The summed E-state index contributed by atoms with van der Waals surface area (Å²) in [7, 11) is 0. The molecule has 0 radical (unpaired) electrons. The molecule has 1 rings (SSSR count). The highest BCUT2D eigenvalue weighted by Crippen LogP contribution is 2.23. The molecule has 6 N–H and O–H groups in total. The van der Waals surface area contributed by atoms with Crippen LogP contribution in [0.3, 0.4) is 0 Å². The smallest absolute Gasteiger partial charge is 0.220 e. The Bertz CT molecular complexity index is 847. The van der Waals surface area contributed by atoms with Gasteiger partial charge in [-0.2, -0.15) is 0 Å². The fraction of sp³-hybridized carbons (Fsp3) is 0.979. The van der Waals surface area contributed by atoms with Crippen molar-refractivity contribution in [3.8, 4) is 0 Å². The zero-order valence-electron chi connectivity index (χ0n) is 36.7. The van der Waals surface area contributed by atoms with E-state index < -0.39 is 49.5 Å². The van der Waals surface area contributed by atoms with Crippen LogP contribution in [0.5, 0.6) is 0 Å². The lowest BCUT2D eigenvalue weighted by atomic mass is 9.99. The molecule has 1 aliphatic rings. The van der Waals surface area contributed by atoms with Crippen LogP contribution >= 0.6 is 0 Å². The molecular weight excluding hydrogens is 707 g/mol. The molecule has 0 aromatic carbocycles. The maximum Gasteiger partial charge on any atom is 0.220 e. The first-order valence-corrected chi connectivity index (χ1v) is 24.2. The third kappa shape index (κ3) is 28.6. The van der Waals surface area contributed by atoms with Gasteiger partial charge in [-0.3, -0.25) is 4.79 Å². The third-order valence-electron chi connectivity index (χ3n) is 12.0. The van der Waals surface area contributed by atoms with Crippen LogP contribution in [0.25, 0.3) is 0 Å². The highest BCUT2D eigenvalue weighted by atomic mass is 16.7. The lowest BCUT2D eigenvalue weighted by Gasteiger charge is -2.40. The Morgan fingerprint density at radius 3 is 1.27 bits per heavy atom. The number of rotatable bonds is 41. The van der Waals surface area contributed by atoms with Crippen LogP contribution in [0.1, 0.15) is 239 Å². The van der Waals surface area contributed by atoms with Gasteiger partial charge in [0, 0.05) is 6.42 Å². The van der Waals surface area contributed by atoms with Gasteiger partial charge < -0.3 is 40.3 Å². The summed E-state index contributed by atoms with van der Waals surface area (Å²) in [6.07, 6.45) is 35.6. The first-order chi connectivity index (χ1) is 27.3. The first-order valence-electron chi connectivity index (χ1n) is 24.2. The minimum atomic E-state index is -1.55. The Morgan fingerprint density at radius 1 is 0.536 bits per heavy atom. The molecule has 0 aromatic heterocycles. The molecule has 9 nitrogen and oxygen atoms in total. The van der Waals surface area contributed by atoms with Crippen LogP contribution in [0.15, 0.2) is 0 Å². The molecular formula is C47H93NO8. The molecule has 7 atom stereocenters. The van der Waals surface area contributed by atoms with Crippen molar-refractivity contribution in [1.82, 2.24) is 5.32 Å². The number of amides is 1. The van der Waals surface area contributed by atoms with Crippen molar-refractivity contribution < 1.29 is 39.8 Å². The van der Waals surface area contributed by atoms with E-state index in [-0.39, 0.29) is 12.5 Å². The van der Waals surface area contributed by atoms with Gasteiger partial charge in [-0.15, -0.1) is 0 Å². The van der Waals surface area contributed by atoms with Gasteiger partial charge in [0.05, 0.1) is 25.4 Å². The van der Waals surface area contributed by atoms with Crippen molar-refractivity contribution in [2.75, 3.05) is 13.2 Å². The molecule has 56 heavy (non-hydrogen) atoms.